The lowest BCUT2D eigenvalue weighted by Crippen LogP contribution is -2.50. The summed E-state index contributed by atoms with van der Waals surface area (Å²) in [6.45, 7) is 11.5. The number of hydrogen-bond acceptors (Lipinski definition) is 6. The Bertz CT molecular complexity index is 254. The van der Waals surface area contributed by atoms with Crippen LogP contribution in [0, 0.1) is 0 Å². The normalized spacial score (nSPS) is 24.1. The Morgan fingerprint density at radius 1 is 0.947 bits per heavy atom. The van der Waals surface area contributed by atoms with Gasteiger partial charge in [0.1, 0.15) is 11.6 Å². The van der Waals surface area contributed by atoms with E-state index >= 15 is 0 Å². The molecule has 0 spiro atoms. The summed E-state index contributed by atoms with van der Waals surface area (Å²) in [6, 6.07) is -0.291. The first kappa shape index (κ1) is 16.4. The average Bonchev–Trinajstić information content (AvgIpc) is 2.27. The highest BCUT2D eigenvalue weighted by atomic mass is 16.6. The van der Waals surface area contributed by atoms with Crippen LogP contribution in [0.5, 0.6) is 0 Å². The molecule has 1 aliphatic rings. The standard InChI is InChI=1S/C13H28N4O2/c1-13(2,3)19-12(18)11-10-16-7-6-14-4-5-15-8-9-17-11/h11,14-17H,4-10H2,1-3H3. The molecular weight excluding hydrogens is 244 g/mol. The molecular formula is C13H28N4O2. The van der Waals surface area contributed by atoms with Crippen molar-refractivity contribution in [2.75, 3.05) is 45.8 Å². The number of carbonyl (C=O) groups is 1. The fourth-order valence-electron chi connectivity index (χ4n) is 1.80. The summed E-state index contributed by atoms with van der Waals surface area (Å²) < 4.78 is 5.42. The molecule has 112 valence electrons. The molecule has 1 unspecified atom stereocenters. The first-order chi connectivity index (χ1) is 8.99. The maximum absolute atomic E-state index is 12.1. The van der Waals surface area contributed by atoms with Gasteiger partial charge >= 0.3 is 5.97 Å². The van der Waals surface area contributed by atoms with E-state index in [-0.39, 0.29) is 12.0 Å². The van der Waals surface area contributed by atoms with Gasteiger partial charge in [-0.25, -0.2) is 0 Å². The summed E-state index contributed by atoms with van der Waals surface area (Å²) >= 11 is 0. The second kappa shape index (κ2) is 8.47. The zero-order valence-corrected chi connectivity index (χ0v) is 12.3. The number of ether oxygens (including phenoxy) is 1. The molecule has 1 aliphatic heterocycles. The van der Waals surface area contributed by atoms with E-state index in [0.717, 1.165) is 39.3 Å². The van der Waals surface area contributed by atoms with E-state index < -0.39 is 5.60 Å². The van der Waals surface area contributed by atoms with Crippen LogP contribution in [0.2, 0.25) is 0 Å². The Labute approximate surface area is 116 Å². The van der Waals surface area contributed by atoms with Gasteiger partial charge in [-0.15, -0.1) is 0 Å². The van der Waals surface area contributed by atoms with Crippen LogP contribution in [0.3, 0.4) is 0 Å². The van der Waals surface area contributed by atoms with Crippen molar-refractivity contribution in [2.24, 2.45) is 0 Å². The number of esters is 1. The highest BCUT2D eigenvalue weighted by Gasteiger charge is 2.24. The smallest absolute Gasteiger partial charge is 0.324 e. The van der Waals surface area contributed by atoms with Crippen LogP contribution < -0.4 is 21.3 Å². The maximum Gasteiger partial charge on any atom is 0.324 e. The quantitative estimate of drug-likeness (QED) is 0.462. The Hall–Kier alpha value is -0.690. The zero-order valence-electron chi connectivity index (χ0n) is 12.3. The SMILES string of the molecule is CC(C)(C)OC(=O)C1CNCCNCCNCCN1. The molecule has 0 aromatic heterocycles. The van der Waals surface area contributed by atoms with E-state index in [1.165, 1.54) is 0 Å². The lowest BCUT2D eigenvalue weighted by Gasteiger charge is -2.25. The van der Waals surface area contributed by atoms with E-state index in [4.69, 9.17) is 4.74 Å². The minimum atomic E-state index is -0.442. The highest BCUT2D eigenvalue weighted by molar-refractivity contribution is 5.76. The summed E-state index contributed by atoms with van der Waals surface area (Å²) in [5.74, 6) is -0.190. The van der Waals surface area contributed by atoms with Gasteiger partial charge in [0.15, 0.2) is 0 Å². The summed E-state index contributed by atoms with van der Waals surface area (Å²) in [4.78, 5) is 12.1. The summed E-state index contributed by atoms with van der Waals surface area (Å²) in [6.07, 6.45) is 0. The van der Waals surface area contributed by atoms with Crippen molar-refractivity contribution in [1.29, 1.82) is 0 Å². The minimum absolute atomic E-state index is 0.190. The van der Waals surface area contributed by atoms with Crippen LogP contribution in [-0.2, 0) is 9.53 Å². The van der Waals surface area contributed by atoms with E-state index in [1.54, 1.807) is 0 Å². The lowest BCUT2D eigenvalue weighted by atomic mass is 10.2. The van der Waals surface area contributed by atoms with Crippen LogP contribution in [-0.4, -0.2) is 63.4 Å². The fraction of sp³-hybridized carbons (Fsp3) is 0.923. The molecule has 0 bridgehead atoms. The first-order valence-electron chi connectivity index (χ1n) is 7.07. The van der Waals surface area contributed by atoms with E-state index in [1.807, 2.05) is 20.8 Å². The molecule has 0 aliphatic carbocycles. The Morgan fingerprint density at radius 2 is 1.47 bits per heavy atom. The van der Waals surface area contributed by atoms with Crippen LogP contribution in [0.25, 0.3) is 0 Å². The third kappa shape index (κ3) is 8.15. The summed E-state index contributed by atoms with van der Waals surface area (Å²) in [5, 5.41) is 13.2. The second-order valence-corrected chi connectivity index (χ2v) is 5.74. The molecule has 1 fully saturated rings. The van der Waals surface area contributed by atoms with E-state index in [9.17, 15) is 4.79 Å². The molecule has 1 saturated heterocycles. The second-order valence-electron chi connectivity index (χ2n) is 5.74. The molecule has 0 aromatic carbocycles. The molecule has 1 rings (SSSR count). The molecule has 0 radical (unpaired) electrons. The van der Waals surface area contributed by atoms with E-state index in [2.05, 4.69) is 21.3 Å². The van der Waals surface area contributed by atoms with Crippen LogP contribution in [0.4, 0.5) is 0 Å². The minimum Gasteiger partial charge on any atom is -0.459 e. The largest absolute Gasteiger partial charge is 0.459 e. The Morgan fingerprint density at radius 3 is 2.05 bits per heavy atom. The van der Waals surface area contributed by atoms with Crippen molar-refractivity contribution in [3.05, 3.63) is 0 Å². The van der Waals surface area contributed by atoms with Crippen molar-refractivity contribution in [1.82, 2.24) is 21.3 Å². The summed E-state index contributed by atoms with van der Waals surface area (Å²) in [7, 11) is 0. The Kier molecular flexibility index (Phi) is 7.30. The zero-order chi connectivity index (χ0) is 14.1. The van der Waals surface area contributed by atoms with Gasteiger partial charge in [-0.3, -0.25) is 4.79 Å². The number of carbonyl (C=O) groups excluding carboxylic acids is 1. The maximum atomic E-state index is 12.1. The molecule has 6 heteroatoms. The topological polar surface area (TPSA) is 74.4 Å². The van der Waals surface area contributed by atoms with Crippen molar-refractivity contribution in [2.45, 2.75) is 32.4 Å². The van der Waals surface area contributed by atoms with Gasteiger partial charge in [0.25, 0.3) is 0 Å². The third-order valence-electron chi connectivity index (χ3n) is 2.69. The van der Waals surface area contributed by atoms with Crippen molar-refractivity contribution < 1.29 is 9.53 Å². The van der Waals surface area contributed by atoms with Gasteiger partial charge in [0.05, 0.1) is 0 Å². The lowest BCUT2D eigenvalue weighted by molar-refractivity contribution is -0.157. The molecule has 0 saturated carbocycles. The Balaban J connectivity index is 2.44. The van der Waals surface area contributed by atoms with Crippen molar-refractivity contribution in [3.63, 3.8) is 0 Å². The number of nitrogens with one attached hydrogen (secondary N) is 4. The monoisotopic (exact) mass is 272 g/mol. The van der Waals surface area contributed by atoms with Gasteiger partial charge < -0.3 is 26.0 Å². The molecule has 4 N–H and O–H groups in total. The highest BCUT2D eigenvalue weighted by Crippen LogP contribution is 2.08. The molecule has 6 nitrogen and oxygen atoms in total. The van der Waals surface area contributed by atoms with Crippen LogP contribution in [0.15, 0.2) is 0 Å². The van der Waals surface area contributed by atoms with Crippen molar-refractivity contribution >= 4 is 5.97 Å². The van der Waals surface area contributed by atoms with Crippen molar-refractivity contribution in [3.8, 4) is 0 Å². The molecule has 0 amide bonds. The predicted molar refractivity (Wildman–Crippen MR) is 76.2 cm³/mol. The average molecular weight is 272 g/mol. The van der Waals surface area contributed by atoms with Gasteiger partial charge in [-0.1, -0.05) is 0 Å². The predicted octanol–water partition coefficient (Wildman–Crippen LogP) is -0.931. The first-order valence-corrected chi connectivity index (χ1v) is 7.07. The van der Waals surface area contributed by atoms with Gasteiger partial charge in [-0.2, -0.15) is 0 Å². The fourth-order valence-corrected chi connectivity index (χ4v) is 1.80. The molecule has 1 heterocycles. The van der Waals surface area contributed by atoms with Gasteiger partial charge in [0.2, 0.25) is 0 Å². The van der Waals surface area contributed by atoms with Crippen LogP contribution >= 0.6 is 0 Å². The third-order valence-corrected chi connectivity index (χ3v) is 2.69. The summed E-state index contributed by atoms with van der Waals surface area (Å²) in [5.41, 5.74) is -0.442. The molecule has 0 aromatic rings. The molecule has 19 heavy (non-hydrogen) atoms. The number of rotatable bonds is 1. The number of hydrogen-bond donors (Lipinski definition) is 4. The van der Waals surface area contributed by atoms with Crippen LogP contribution in [0.1, 0.15) is 20.8 Å². The van der Waals surface area contributed by atoms with Gasteiger partial charge in [-0.05, 0) is 20.8 Å². The van der Waals surface area contributed by atoms with E-state index in [0.29, 0.717) is 6.54 Å². The molecule has 1 atom stereocenters. The van der Waals surface area contributed by atoms with Gasteiger partial charge in [0, 0.05) is 45.8 Å².